The molecule has 2 amide bonds. The summed E-state index contributed by atoms with van der Waals surface area (Å²) >= 11 is 0. The monoisotopic (exact) mass is 224 g/mol. The van der Waals surface area contributed by atoms with Crippen LogP contribution in [0.25, 0.3) is 0 Å². The van der Waals surface area contributed by atoms with Gasteiger partial charge in [0, 0.05) is 12.5 Å². The average Bonchev–Trinajstić information content (AvgIpc) is 2.72. The molecule has 1 aliphatic rings. The first-order valence-corrected chi connectivity index (χ1v) is 5.10. The molecule has 1 rings (SSSR count). The maximum Gasteiger partial charge on any atom is 0.327 e. The topological polar surface area (TPSA) is 78.4 Å². The number of hydrogen-bond donors (Lipinski definition) is 3. The molecule has 3 N–H and O–H groups in total. The standard InChI is InChI=1S/C11H16N2O3/c1-4-5-7(9(14)15)12-10(16)13-8-6-11(8,2)3/h1,7-8H,5-6H2,2-3H3,(H,14,15)(H2,12,13,16). The Morgan fingerprint density at radius 1 is 1.62 bits per heavy atom. The summed E-state index contributed by atoms with van der Waals surface area (Å²) in [6.07, 6.45) is 5.91. The van der Waals surface area contributed by atoms with Crippen molar-refractivity contribution in [3.8, 4) is 12.3 Å². The van der Waals surface area contributed by atoms with E-state index >= 15 is 0 Å². The van der Waals surface area contributed by atoms with Gasteiger partial charge >= 0.3 is 12.0 Å². The van der Waals surface area contributed by atoms with Gasteiger partial charge in [-0.05, 0) is 11.8 Å². The third kappa shape index (κ3) is 3.16. The summed E-state index contributed by atoms with van der Waals surface area (Å²) in [5, 5.41) is 13.8. The molecule has 2 atom stereocenters. The number of amides is 2. The second-order valence-electron chi connectivity index (χ2n) is 4.66. The fourth-order valence-corrected chi connectivity index (χ4v) is 1.39. The van der Waals surface area contributed by atoms with E-state index in [1.807, 2.05) is 13.8 Å². The predicted octanol–water partition coefficient (Wildman–Crippen LogP) is 0.561. The van der Waals surface area contributed by atoms with Crippen molar-refractivity contribution in [1.82, 2.24) is 10.6 Å². The molecular weight excluding hydrogens is 208 g/mol. The lowest BCUT2D eigenvalue weighted by Crippen LogP contribution is -2.47. The lowest BCUT2D eigenvalue weighted by molar-refractivity contribution is -0.139. The van der Waals surface area contributed by atoms with E-state index in [2.05, 4.69) is 16.6 Å². The van der Waals surface area contributed by atoms with E-state index in [1.54, 1.807) is 0 Å². The zero-order chi connectivity index (χ0) is 12.3. The number of urea groups is 1. The van der Waals surface area contributed by atoms with Gasteiger partial charge in [-0.25, -0.2) is 9.59 Å². The van der Waals surface area contributed by atoms with E-state index < -0.39 is 18.0 Å². The van der Waals surface area contributed by atoms with Gasteiger partial charge in [-0.1, -0.05) is 13.8 Å². The Morgan fingerprint density at radius 2 is 2.19 bits per heavy atom. The molecule has 0 aromatic heterocycles. The Morgan fingerprint density at radius 3 is 2.56 bits per heavy atom. The SMILES string of the molecule is C#CCC(NC(=O)NC1CC1(C)C)C(=O)O. The van der Waals surface area contributed by atoms with Gasteiger partial charge in [0.2, 0.25) is 0 Å². The highest BCUT2D eigenvalue weighted by Gasteiger charge is 2.46. The Hall–Kier alpha value is -1.70. The van der Waals surface area contributed by atoms with E-state index in [0.717, 1.165) is 6.42 Å². The van der Waals surface area contributed by atoms with Crippen molar-refractivity contribution in [2.45, 2.75) is 38.8 Å². The number of aliphatic carboxylic acids is 1. The van der Waals surface area contributed by atoms with Gasteiger partial charge in [0.1, 0.15) is 6.04 Å². The molecule has 1 saturated carbocycles. The van der Waals surface area contributed by atoms with Crippen LogP contribution in [0.1, 0.15) is 26.7 Å². The van der Waals surface area contributed by atoms with Crippen LogP contribution >= 0.6 is 0 Å². The molecule has 88 valence electrons. The molecule has 0 saturated heterocycles. The minimum absolute atomic E-state index is 0.0171. The third-order valence-electron chi connectivity index (χ3n) is 2.74. The fraction of sp³-hybridized carbons (Fsp3) is 0.636. The molecule has 5 heteroatoms. The van der Waals surface area contributed by atoms with Crippen LogP contribution in [0.4, 0.5) is 4.79 Å². The number of carboxylic acid groups (broad SMARTS) is 1. The predicted molar refractivity (Wildman–Crippen MR) is 58.7 cm³/mol. The normalized spacial score (nSPS) is 22.7. The molecule has 1 fully saturated rings. The Kier molecular flexibility index (Phi) is 3.43. The second kappa shape index (κ2) is 4.44. The van der Waals surface area contributed by atoms with E-state index in [4.69, 9.17) is 11.5 Å². The summed E-state index contributed by atoms with van der Waals surface area (Å²) in [5.74, 6) is 1.09. The van der Waals surface area contributed by atoms with Crippen molar-refractivity contribution in [2.75, 3.05) is 0 Å². The van der Waals surface area contributed by atoms with E-state index in [-0.39, 0.29) is 17.9 Å². The first-order valence-electron chi connectivity index (χ1n) is 5.10. The van der Waals surface area contributed by atoms with Gasteiger partial charge < -0.3 is 15.7 Å². The first-order chi connectivity index (χ1) is 7.36. The highest BCUT2D eigenvalue weighted by Crippen LogP contribution is 2.44. The summed E-state index contributed by atoms with van der Waals surface area (Å²) in [5.41, 5.74) is 0.113. The largest absolute Gasteiger partial charge is 0.480 e. The molecular formula is C11H16N2O3. The van der Waals surface area contributed by atoms with E-state index in [0.29, 0.717) is 0 Å². The van der Waals surface area contributed by atoms with Crippen molar-refractivity contribution in [3.63, 3.8) is 0 Å². The lowest BCUT2D eigenvalue weighted by atomic mass is 10.2. The van der Waals surface area contributed by atoms with E-state index in [1.165, 1.54) is 0 Å². The third-order valence-corrected chi connectivity index (χ3v) is 2.74. The molecule has 0 heterocycles. The maximum atomic E-state index is 11.4. The second-order valence-corrected chi connectivity index (χ2v) is 4.66. The molecule has 2 unspecified atom stereocenters. The smallest absolute Gasteiger partial charge is 0.327 e. The summed E-state index contributed by atoms with van der Waals surface area (Å²) in [4.78, 5) is 22.1. The van der Waals surface area contributed by atoms with Crippen LogP contribution in [-0.2, 0) is 4.79 Å². The highest BCUT2D eigenvalue weighted by atomic mass is 16.4. The average molecular weight is 224 g/mol. The van der Waals surface area contributed by atoms with Gasteiger partial charge in [0.25, 0.3) is 0 Å². The van der Waals surface area contributed by atoms with Gasteiger partial charge in [0.15, 0.2) is 0 Å². The molecule has 16 heavy (non-hydrogen) atoms. The zero-order valence-corrected chi connectivity index (χ0v) is 9.41. The zero-order valence-electron chi connectivity index (χ0n) is 9.41. The molecule has 5 nitrogen and oxygen atoms in total. The first kappa shape index (κ1) is 12.4. The highest BCUT2D eigenvalue weighted by molar-refractivity contribution is 5.83. The molecule has 1 aliphatic carbocycles. The molecule has 0 aromatic rings. The summed E-state index contributed by atoms with van der Waals surface area (Å²) in [7, 11) is 0. The Balaban J connectivity index is 2.38. The van der Waals surface area contributed by atoms with Gasteiger partial charge in [-0.3, -0.25) is 0 Å². The number of carbonyl (C=O) groups excluding carboxylic acids is 1. The van der Waals surface area contributed by atoms with E-state index in [9.17, 15) is 9.59 Å². The molecule has 0 bridgehead atoms. The van der Waals surface area contributed by atoms with Gasteiger partial charge in [0.05, 0.1) is 0 Å². The number of rotatable bonds is 4. The minimum atomic E-state index is -1.12. The molecule has 0 spiro atoms. The molecule has 0 aliphatic heterocycles. The van der Waals surface area contributed by atoms with Crippen LogP contribution in [0.5, 0.6) is 0 Å². The molecule has 0 radical (unpaired) electrons. The Labute approximate surface area is 94.6 Å². The van der Waals surface area contributed by atoms with Crippen LogP contribution < -0.4 is 10.6 Å². The van der Waals surface area contributed by atoms with Crippen molar-refractivity contribution in [1.29, 1.82) is 0 Å². The number of terminal acetylenes is 1. The number of nitrogens with one attached hydrogen (secondary N) is 2. The number of carboxylic acids is 1. The number of hydrogen-bond acceptors (Lipinski definition) is 2. The summed E-state index contributed by atoms with van der Waals surface area (Å²) in [6, 6.07) is -1.38. The summed E-state index contributed by atoms with van der Waals surface area (Å²) in [6.45, 7) is 4.07. The minimum Gasteiger partial charge on any atom is -0.480 e. The van der Waals surface area contributed by atoms with Crippen molar-refractivity contribution >= 4 is 12.0 Å². The Bertz CT molecular complexity index is 344. The maximum absolute atomic E-state index is 11.4. The van der Waals surface area contributed by atoms with Crippen LogP contribution in [0.3, 0.4) is 0 Å². The number of carbonyl (C=O) groups is 2. The van der Waals surface area contributed by atoms with Crippen LogP contribution in [0.15, 0.2) is 0 Å². The van der Waals surface area contributed by atoms with Gasteiger partial charge in [-0.15, -0.1) is 12.3 Å². The van der Waals surface area contributed by atoms with Crippen LogP contribution in [-0.4, -0.2) is 29.2 Å². The van der Waals surface area contributed by atoms with Crippen LogP contribution in [0.2, 0.25) is 0 Å². The quantitative estimate of drug-likeness (QED) is 0.610. The fourth-order valence-electron chi connectivity index (χ4n) is 1.39. The van der Waals surface area contributed by atoms with Crippen molar-refractivity contribution in [2.24, 2.45) is 5.41 Å². The van der Waals surface area contributed by atoms with Crippen LogP contribution in [0, 0.1) is 17.8 Å². The van der Waals surface area contributed by atoms with Crippen molar-refractivity contribution in [3.05, 3.63) is 0 Å². The molecule has 0 aromatic carbocycles. The summed E-state index contributed by atoms with van der Waals surface area (Å²) < 4.78 is 0. The lowest BCUT2D eigenvalue weighted by Gasteiger charge is -2.13. The van der Waals surface area contributed by atoms with Gasteiger partial charge in [-0.2, -0.15) is 0 Å². The van der Waals surface area contributed by atoms with Crippen molar-refractivity contribution < 1.29 is 14.7 Å².